The Morgan fingerprint density at radius 3 is 2.62 bits per heavy atom. The molecule has 0 spiro atoms. The maximum absolute atomic E-state index is 5.40. The molecule has 0 N–H and O–H groups in total. The second kappa shape index (κ2) is 10.8. The van der Waals surface area contributed by atoms with Crippen LogP contribution in [0, 0.1) is 9.97 Å². The van der Waals surface area contributed by atoms with Crippen LogP contribution in [0.2, 0.25) is 0 Å². The fourth-order valence-electron chi connectivity index (χ4n) is 0.261. The summed E-state index contributed by atoms with van der Waals surface area (Å²) in [5, 5.41) is 0. The quantitative estimate of drug-likeness (QED) is 0.410. The summed E-state index contributed by atoms with van der Waals surface area (Å²) >= 11 is -0.495. The van der Waals surface area contributed by atoms with Gasteiger partial charge in [0, 0.05) is 6.42 Å². The summed E-state index contributed by atoms with van der Waals surface area (Å²) < 4.78 is 2.90. The molecule has 0 aromatic carbocycles. The highest BCUT2D eigenvalue weighted by atomic mass is 35.5. The molecule has 0 heterocycles. The molecular formula is C5H8Cl2Mg. The Balaban J connectivity index is 0. The van der Waals surface area contributed by atoms with Crippen molar-refractivity contribution in [3.8, 4) is 9.97 Å². The van der Waals surface area contributed by atoms with Crippen LogP contribution in [0.1, 0.15) is 19.8 Å². The molecular weight excluding hydrogens is 155 g/mol. The smallest absolute Gasteiger partial charge is 0.316 e. The predicted molar refractivity (Wildman–Crippen MR) is 41.5 cm³/mol. The van der Waals surface area contributed by atoms with E-state index in [1.54, 1.807) is 0 Å². The molecule has 0 saturated carbocycles. The van der Waals surface area contributed by atoms with Gasteiger partial charge in [-0.25, -0.2) is 4.05 Å². The first-order chi connectivity index (χ1) is 3.41. The van der Waals surface area contributed by atoms with Crippen LogP contribution in [-0.4, -0.2) is 19.3 Å². The van der Waals surface area contributed by atoms with Crippen molar-refractivity contribution >= 4 is 40.7 Å². The van der Waals surface area contributed by atoms with E-state index in [0.717, 1.165) is 12.8 Å². The molecule has 0 saturated heterocycles. The van der Waals surface area contributed by atoms with Gasteiger partial charge in [0.25, 0.3) is 0 Å². The third kappa shape index (κ3) is 10.0. The van der Waals surface area contributed by atoms with Crippen LogP contribution in [0.3, 0.4) is 0 Å². The zero-order valence-electron chi connectivity index (χ0n) is 4.91. The van der Waals surface area contributed by atoms with Gasteiger partial charge in [-0.1, -0.05) is 6.92 Å². The SMILES string of the molecule is CCCC#[C][Mg][Cl].Cl. The van der Waals surface area contributed by atoms with Crippen LogP contribution in [0.4, 0.5) is 0 Å². The third-order valence-electron chi connectivity index (χ3n) is 0.567. The molecule has 0 aromatic heterocycles. The number of hydrogen-bond acceptors (Lipinski definition) is 0. The van der Waals surface area contributed by atoms with E-state index >= 15 is 0 Å². The van der Waals surface area contributed by atoms with E-state index in [9.17, 15) is 0 Å². The van der Waals surface area contributed by atoms with Crippen LogP contribution < -0.4 is 0 Å². The average molecular weight is 163 g/mol. The van der Waals surface area contributed by atoms with E-state index in [1.807, 2.05) is 0 Å². The lowest BCUT2D eigenvalue weighted by molar-refractivity contribution is 0.984. The van der Waals surface area contributed by atoms with Crippen molar-refractivity contribution in [3.63, 3.8) is 0 Å². The van der Waals surface area contributed by atoms with Gasteiger partial charge in [0.15, 0.2) is 0 Å². The number of unbranched alkanes of at least 4 members (excludes halogenated alkanes) is 1. The summed E-state index contributed by atoms with van der Waals surface area (Å²) in [7, 11) is 5.40. The summed E-state index contributed by atoms with van der Waals surface area (Å²) in [6.45, 7) is 2.12. The molecule has 0 rings (SSSR count). The Hall–Kier alpha value is 0.906. The molecule has 0 aliphatic rings. The Labute approximate surface area is 70.3 Å². The van der Waals surface area contributed by atoms with Gasteiger partial charge in [-0.15, -0.1) is 18.3 Å². The van der Waals surface area contributed by atoms with Crippen LogP contribution in [0.25, 0.3) is 0 Å². The highest BCUT2D eigenvalue weighted by molar-refractivity contribution is 6.98. The van der Waals surface area contributed by atoms with Gasteiger partial charge in [0.2, 0.25) is 0 Å². The number of rotatable bonds is 1. The zero-order valence-corrected chi connectivity index (χ0v) is 7.89. The molecule has 0 radical (unpaired) electrons. The van der Waals surface area contributed by atoms with Gasteiger partial charge in [0.05, 0.1) is 0 Å². The molecule has 0 amide bonds. The standard InChI is InChI=1S/C5H7.2ClH.Mg/c1-3-5-4-2;;;/h3,5H2,1H3;2*1H;/q;;;+1/p-1. The topological polar surface area (TPSA) is 0 Å². The van der Waals surface area contributed by atoms with E-state index in [-0.39, 0.29) is 12.4 Å². The second-order valence-corrected chi connectivity index (χ2v) is 2.66. The molecule has 8 heavy (non-hydrogen) atoms. The normalized spacial score (nSPS) is 5.25. The molecule has 0 aliphatic heterocycles. The van der Waals surface area contributed by atoms with Crippen LogP contribution >= 0.6 is 21.5 Å². The van der Waals surface area contributed by atoms with Gasteiger partial charge in [-0.05, 0) is 6.42 Å². The lowest BCUT2D eigenvalue weighted by atomic mass is 10.4. The molecule has 44 valence electrons. The zero-order chi connectivity index (χ0) is 5.54. The monoisotopic (exact) mass is 162 g/mol. The summed E-state index contributed by atoms with van der Waals surface area (Å²) in [6.07, 6.45) is 2.16. The molecule has 3 heteroatoms. The van der Waals surface area contributed by atoms with E-state index in [4.69, 9.17) is 9.07 Å². The summed E-state index contributed by atoms with van der Waals surface area (Å²) in [6, 6.07) is 0. The van der Waals surface area contributed by atoms with Crippen molar-refractivity contribution in [2.24, 2.45) is 0 Å². The Kier molecular flexibility index (Phi) is 15.8. The highest BCUT2D eigenvalue weighted by Crippen LogP contribution is 1.79. The van der Waals surface area contributed by atoms with E-state index < -0.39 is 19.3 Å². The van der Waals surface area contributed by atoms with Crippen molar-refractivity contribution < 1.29 is 0 Å². The molecule has 0 fully saturated rings. The van der Waals surface area contributed by atoms with Crippen molar-refractivity contribution in [2.75, 3.05) is 0 Å². The first kappa shape index (κ1) is 11.7. The Bertz CT molecular complexity index is 82.2. The third-order valence-corrected chi connectivity index (χ3v) is 1.35. The fourth-order valence-corrected chi connectivity index (χ4v) is 0.815. The van der Waals surface area contributed by atoms with Crippen LogP contribution in [0.15, 0.2) is 0 Å². The van der Waals surface area contributed by atoms with Gasteiger partial charge in [-0.2, -0.15) is 0 Å². The Morgan fingerprint density at radius 2 is 2.25 bits per heavy atom. The average Bonchev–Trinajstić information content (AvgIpc) is 1.69. The maximum Gasteiger partial charge on any atom is 0.598 e. The van der Waals surface area contributed by atoms with E-state index in [0.29, 0.717) is 0 Å². The van der Waals surface area contributed by atoms with Crippen molar-refractivity contribution in [2.45, 2.75) is 19.8 Å². The van der Waals surface area contributed by atoms with Crippen molar-refractivity contribution in [3.05, 3.63) is 0 Å². The predicted octanol–water partition coefficient (Wildman–Crippen LogP) is 2.03. The molecule has 0 aromatic rings. The minimum absolute atomic E-state index is 0. The molecule has 0 nitrogen and oxygen atoms in total. The minimum Gasteiger partial charge on any atom is -0.316 e. The van der Waals surface area contributed by atoms with Crippen LogP contribution in [-0.2, 0) is 0 Å². The largest absolute Gasteiger partial charge is 0.598 e. The molecule has 0 aliphatic carbocycles. The van der Waals surface area contributed by atoms with Crippen molar-refractivity contribution in [1.29, 1.82) is 0 Å². The summed E-state index contributed by atoms with van der Waals surface area (Å²) in [4.78, 5) is 0. The first-order valence-corrected chi connectivity index (χ1v) is 5.28. The summed E-state index contributed by atoms with van der Waals surface area (Å²) in [5.41, 5.74) is 0. The highest BCUT2D eigenvalue weighted by Gasteiger charge is 1.74. The minimum atomic E-state index is -0.495. The molecule has 0 unspecified atom stereocenters. The lowest BCUT2D eigenvalue weighted by Crippen LogP contribution is -1.66. The lowest BCUT2D eigenvalue weighted by Gasteiger charge is -1.73. The molecule has 0 atom stereocenters. The van der Waals surface area contributed by atoms with Gasteiger partial charge in [-0.3, -0.25) is 0 Å². The van der Waals surface area contributed by atoms with Crippen molar-refractivity contribution in [1.82, 2.24) is 0 Å². The van der Waals surface area contributed by atoms with Gasteiger partial charge in [0.1, 0.15) is 0 Å². The number of halogens is 2. The van der Waals surface area contributed by atoms with Crippen LogP contribution in [0.5, 0.6) is 0 Å². The van der Waals surface area contributed by atoms with E-state index in [1.165, 1.54) is 0 Å². The second-order valence-electron chi connectivity index (χ2n) is 1.24. The summed E-state index contributed by atoms with van der Waals surface area (Å²) in [5.74, 6) is 2.96. The Morgan fingerprint density at radius 1 is 1.62 bits per heavy atom. The first-order valence-electron chi connectivity index (χ1n) is 2.43. The number of hydrogen-bond donors (Lipinski definition) is 0. The fraction of sp³-hybridized carbons (Fsp3) is 0.600. The molecule has 0 bridgehead atoms. The van der Waals surface area contributed by atoms with Gasteiger partial charge < -0.3 is 9.07 Å². The van der Waals surface area contributed by atoms with E-state index in [2.05, 4.69) is 16.9 Å². The maximum atomic E-state index is 5.40. The van der Waals surface area contributed by atoms with Gasteiger partial charge >= 0.3 is 19.3 Å².